The van der Waals surface area contributed by atoms with Crippen LogP contribution >= 0.6 is 0 Å². The molecule has 1 heterocycles. The molecule has 1 amide bonds. The summed E-state index contributed by atoms with van der Waals surface area (Å²) in [6, 6.07) is 11.2. The maximum atomic E-state index is 12.9. The van der Waals surface area contributed by atoms with Crippen molar-refractivity contribution in [3.05, 3.63) is 48.2 Å². The molecular formula is C19H25N3O2. The van der Waals surface area contributed by atoms with Crippen molar-refractivity contribution >= 4 is 17.4 Å². The molecule has 0 aliphatic heterocycles. The second-order valence-corrected chi connectivity index (χ2v) is 5.46. The number of hydrogen-bond donors (Lipinski definition) is 1. The number of rotatable bonds is 8. The van der Waals surface area contributed by atoms with Crippen LogP contribution in [-0.4, -0.2) is 36.0 Å². The normalized spacial score (nSPS) is 10.3. The average molecular weight is 327 g/mol. The number of pyridine rings is 1. The van der Waals surface area contributed by atoms with Gasteiger partial charge in [0, 0.05) is 19.3 Å². The first-order valence-electron chi connectivity index (χ1n) is 8.35. The Kier molecular flexibility index (Phi) is 6.61. The number of ether oxygens (including phenoxy) is 1. The van der Waals surface area contributed by atoms with Gasteiger partial charge in [-0.25, -0.2) is 4.98 Å². The molecular weight excluding hydrogens is 302 g/mol. The van der Waals surface area contributed by atoms with E-state index in [2.05, 4.69) is 17.2 Å². The van der Waals surface area contributed by atoms with E-state index in [9.17, 15) is 4.79 Å². The summed E-state index contributed by atoms with van der Waals surface area (Å²) in [4.78, 5) is 19.1. The molecule has 0 saturated heterocycles. The standard InChI is InChI=1S/C19H25N3O2/c1-4-6-14-22(5-2)19(23)15-10-9-13-20-18(15)21-16-11-7-8-12-17(16)24-3/h7-13H,4-6,14H2,1-3H3,(H,20,21). The van der Waals surface area contributed by atoms with E-state index in [0.717, 1.165) is 25.1 Å². The van der Waals surface area contributed by atoms with Crippen molar-refractivity contribution in [2.45, 2.75) is 26.7 Å². The Hall–Kier alpha value is -2.56. The van der Waals surface area contributed by atoms with Gasteiger partial charge in [0.1, 0.15) is 11.6 Å². The summed E-state index contributed by atoms with van der Waals surface area (Å²) in [6.45, 7) is 5.56. The molecule has 0 saturated carbocycles. The minimum atomic E-state index is -0.00329. The van der Waals surface area contributed by atoms with Crippen LogP contribution in [0.25, 0.3) is 0 Å². The molecule has 0 fully saturated rings. The van der Waals surface area contributed by atoms with E-state index < -0.39 is 0 Å². The van der Waals surface area contributed by atoms with E-state index in [-0.39, 0.29) is 5.91 Å². The third kappa shape index (κ3) is 4.25. The number of carbonyl (C=O) groups excluding carboxylic acids is 1. The molecule has 2 aromatic rings. The zero-order chi connectivity index (χ0) is 17.4. The van der Waals surface area contributed by atoms with Gasteiger partial charge in [-0.15, -0.1) is 0 Å². The van der Waals surface area contributed by atoms with Crippen LogP contribution < -0.4 is 10.1 Å². The zero-order valence-corrected chi connectivity index (χ0v) is 14.6. The van der Waals surface area contributed by atoms with Gasteiger partial charge in [-0.3, -0.25) is 4.79 Å². The number of amides is 1. The maximum absolute atomic E-state index is 12.9. The summed E-state index contributed by atoms with van der Waals surface area (Å²) < 4.78 is 5.35. The molecule has 128 valence electrons. The maximum Gasteiger partial charge on any atom is 0.257 e. The van der Waals surface area contributed by atoms with Gasteiger partial charge < -0.3 is 15.0 Å². The van der Waals surface area contributed by atoms with Gasteiger partial charge in [0.25, 0.3) is 5.91 Å². The molecule has 0 aliphatic rings. The largest absolute Gasteiger partial charge is 0.495 e. The van der Waals surface area contributed by atoms with E-state index >= 15 is 0 Å². The lowest BCUT2D eigenvalue weighted by Crippen LogP contribution is -2.32. The van der Waals surface area contributed by atoms with Crippen LogP contribution in [0.3, 0.4) is 0 Å². The highest BCUT2D eigenvalue weighted by Gasteiger charge is 2.18. The van der Waals surface area contributed by atoms with Crippen molar-refractivity contribution in [2.75, 3.05) is 25.5 Å². The minimum Gasteiger partial charge on any atom is -0.495 e. The summed E-state index contributed by atoms with van der Waals surface area (Å²) in [5.41, 5.74) is 1.35. The predicted molar refractivity (Wildman–Crippen MR) is 97.0 cm³/mol. The molecule has 0 bridgehead atoms. The Balaban J connectivity index is 2.28. The Morgan fingerprint density at radius 3 is 2.71 bits per heavy atom. The van der Waals surface area contributed by atoms with Crippen LogP contribution in [0.1, 0.15) is 37.0 Å². The van der Waals surface area contributed by atoms with Crippen LogP contribution in [0.2, 0.25) is 0 Å². The van der Waals surface area contributed by atoms with Gasteiger partial charge in [0.05, 0.1) is 18.4 Å². The molecule has 1 aromatic heterocycles. The lowest BCUT2D eigenvalue weighted by atomic mass is 10.2. The minimum absolute atomic E-state index is 0.00329. The number of nitrogens with one attached hydrogen (secondary N) is 1. The molecule has 0 atom stereocenters. The summed E-state index contributed by atoms with van der Waals surface area (Å²) in [7, 11) is 1.62. The molecule has 24 heavy (non-hydrogen) atoms. The number of anilines is 2. The van der Waals surface area contributed by atoms with Crippen molar-refractivity contribution in [3.8, 4) is 5.75 Å². The van der Waals surface area contributed by atoms with Gasteiger partial charge in [-0.1, -0.05) is 25.5 Å². The molecule has 0 spiro atoms. The highest BCUT2D eigenvalue weighted by molar-refractivity contribution is 5.99. The summed E-state index contributed by atoms with van der Waals surface area (Å²) in [5.74, 6) is 1.25. The highest BCUT2D eigenvalue weighted by atomic mass is 16.5. The van der Waals surface area contributed by atoms with Gasteiger partial charge in [-0.2, -0.15) is 0 Å². The monoisotopic (exact) mass is 327 g/mol. The smallest absolute Gasteiger partial charge is 0.257 e. The molecule has 0 radical (unpaired) electrons. The Bertz CT molecular complexity index is 673. The number of aromatic nitrogens is 1. The van der Waals surface area contributed by atoms with Gasteiger partial charge in [0.15, 0.2) is 0 Å². The number of methoxy groups -OCH3 is 1. The summed E-state index contributed by atoms with van der Waals surface area (Å²) >= 11 is 0. The number of benzene rings is 1. The molecule has 0 aliphatic carbocycles. The first kappa shape index (κ1) is 17.8. The average Bonchev–Trinajstić information content (AvgIpc) is 2.63. The van der Waals surface area contributed by atoms with Crippen LogP contribution in [0.4, 0.5) is 11.5 Å². The van der Waals surface area contributed by atoms with Crippen LogP contribution in [-0.2, 0) is 0 Å². The van der Waals surface area contributed by atoms with Crippen LogP contribution in [0.5, 0.6) is 5.75 Å². The second-order valence-electron chi connectivity index (χ2n) is 5.46. The van der Waals surface area contributed by atoms with Gasteiger partial charge >= 0.3 is 0 Å². The first-order chi connectivity index (χ1) is 11.7. The number of nitrogens with zero attached hydrogens (tertiary/aromatic N) is 2. The Morgan fingerprint density at radius 1 is 1.21 bits per heavy atom. The highest BCUT2D eigenvalue weighted by Crippen LogP contribution is 2.28. The Morgan fingerprint density at radius 2 is 2.00 bits per heavy atom. The second kappa shape index (κ2) is 8.91. The molecule has 0 unspecified atom stereocenters. The molecule has 5 heteroatoms. The van der Waals surface area contributed by atoms with Gasteiger partial charge in [0.2, 0.25) is 0 Å². The molecule has 2 rings (SSSR count). The fraction of sp³-hybridized carbons (Fsp3) is 0.368. The zero-order valence-electron chi connectivity index (χ0n) is 14.6. The predicted octanol–water partition coefficient (Wildman–Crippen LogP) is 4.10. The van der Waals surface area contributed by atoms with Crippen molar-refractivity contribution < 1.29 is 9.53 Å². The third-order valence-corrected chi connectivity index (χ3v) is 3.85. The van der Waals surface area contributed by atoms with Crippen molar-refractivity contribution in [2.24, 2.45) is 0 Å². The van der Waals surface area contributed by atoms with E-state index in [4.69, 9.17) is 4.74 Å². The van der Waals surface area contributed by atoms with E-state index in [1.165, 1.54) is 0 Å². The molecule has 1 aromatic carbocycles. The SMILES string of the molecule is CCCCN(CC)C(=O)c1cccnc1Nc1ccccc1OC. The van der Waals surface area contributed by atoms with E-state index in [1.807, 2.05) is 42.2 Å². The Labute approximate surface area is 143 Å². The van der Waals surface area contributed by atoms with Crippen LogP contribution in [0, 0.1) is 0 Å². The summed E-state index contributed by atoms with van der Waals surface area (Å²) in [5, 5.41) is 3.22. The topological polar surface area (TPSA) is 54.5 Å². The van der Waals surface area contributed by atoms with Gasteiger partial charge in [-0.05, 0) is 37.6 Å². The lowest BCUT2D eigenvalue weighted by molar-refractivity contribution is 0.0763. The van der Waals surface area contributed by atoms with Crippen LogP contribution in [0.15, 0.2) is 42.6 Å². The fourth-order valence-corrected chi connectivity index (χ4v) is 2.48. The molecule has 5 nitrogen and oxygen atoms in total. The lowest BCUT2D eigenvalue weighted by Gasteiger charge is -2.22. The summed E-state index contributed by atoms with van der Waals surface area (Å²) in [6.07, 6.45) is 3.73. The number of para-hydroxylation sites is 2. The number of unbranched alkanes of at least 4 members (excludes halogenated alkanes) is 1. The van der Waals surface area contributed by atoms with Crippen molar-refractivity contribution in [3.63, 3.8) is 0 Å². The molecule has 1 N–H and O–H groups in total. The number of carbonyl (C=O) groups is 1. The first-order valence-corrected chi connectivity index (χ1v) is 8.35. The van der Waals surface area contributed by atoms with Crippen molar-refractivity contribution in [1.82, 2.24) is 9.88 Å². The fourth-order valence-electron chi connectivity index (χ4n) is 2.48. The third-order valence-electron chi connectivity index (χ3n) is 3.85. The van der Waals surface area contributed by atoms with E-state index in [0.29, 0.717) is 23.7 Å². The quantitative estimate of drug-likeness (QED) is 0.793. The number of hydrogen-bond acceptors (Lipinski definition) is 4. The van der Waals surface area contributed by atoms with E-state index in [1.54, 1.807) is 19.4 Å². The van der Waals surface area contributed by atoms with Crippen molar-refractivity contribution in [1.29, 1.82) is 0 Å².